The minimum Gasteiger partial charge on any atom is -0.487 e. The molecule has 3 amide bonds. The van der Waals surface area contributed by atoms with Crippen molar-refractivity contribution in [1.82, 2.24) is 10.2 Å². The van der Waals surface area contributed by atoms with Crippen LogP contribution in [0.25, 0.3) is 0 Å². The van der Waals surface area contributed by atoms with E-state index in [0.29, 0.717) is 5.76 Å². The van der Waals surface area contributed by atoms with E-state index >= 15 is 0 Å². The van der Waals surface area contributed by atoms with Crippen LogP contribution in [0.15, 0.2) is 12.3 Å². The van der Waals surface area contributed by atoms with Gasteiger partial charge < -0.3 is 18.9 Å². The summed E-state index contributed by atoms with van der Waals surface area (Å²) in [4.78, 5) is 47.4. The van der Waals surface area contributed by atoms with Crippen LogP contribution in [0.5, 0.6) is 0 Å². The maximum absolute atomic E-state index is 12.2. The molecule has 0 aromatic carbocycles. The minimum absolute atomic E-state index is 0.0955. The number of amides is 3. The lowest BCUT2D eigenvalue weighted by atomic mass is 10.1. The summed E-state index contributed by atoms with van der Waals surface area (Å²) in [6.45, 7) is 7.64. The number of hydrogen-bond acceptors (Lipinski definition) is 8. The molecule has 0 aliphatic carbocycles. The molecule has 10 nitrogen and oxygen atoms in total. The van der Waals surface area contributed by atoms with Crippen molar-refractivity contribution in [3.05, 3.63) is 12.3 Å². The molecule has 26 heavy (non-hydrogen) atoms. The first-order chi connectivity index (χ1) is 12.2. The number of ether oxygens (including phenoxy) is 4. The van der Waals surface area contributed by atoms with Crippen LogP contribution < -0.4 is 5.32 Å². The summed E-state index contributed by atoms with van der Waals surface area (Å²) in [6.07, 6.45) is -3.53. The first kappa shape index (κ1) is 19.7. The van der Waals surface area contributed by atoms with Crippen molar-refractivity contribution in [1.29, 1.82) is 0 Å². The Kier molecular flexibility index (Phi) is 6.19. The van der Waals surface area contributed by atoms with Gasteiger partial charge in [0.1, 0.15) is 12.7 Å². The van der Waals surface area contributed by atoms with Crippen molar-refractivity contribution < 1.29 is 38.1 Å². The van der Waals surface area contributed by atoms with Crippen LogP contribution in [-0.2, 0) is 33.3 Å². The Labute approximate surface area is 150 Å². The molecule has 2 rings (SSSR count). The Morgan fingerprint density at radius 1 is 1.19 bits per heavy atom. The number of urea groups is 1. The van der Waals surface area contributed by atoms with Crippen LogP contribution in [0.3, 0.4) is 0 Å². The number of nitrogens with one attached hydrogen (secondary N) is 1. The van der Waals surface area contributed by atoms with Gasteiger partial charge in [-0.25, -0.2) is 4.79 Å². The monoisotopic (exact) mass is 370 g/mol. The number of allylic oxidation sites excluding steroid dienone is 1. The number of hydrogen-bond donors (Lipinski definition) is 1. The third-order valence-corrected chi connectivity index (χ3v) is 3.77. The molecule has 144 valence electrons. The Morgan fingerprint density at radius 2 is 1.88 bits per heavy atom. The van der Waals surface area contributed by atoms with Gasteiger partial charge in [0.2, 0.25) is 5.91 Å². The number of carbonyl (C=O) groups is 4. The Hall–Kier alpha value is -2.62. The van der Waals surface area contributed by atoms with Gasteiger partial charge in [0.15, 0.2) is 18.4 Å². The molecule has 0 bridgehead atoms. The third kappa shape index (κ3) is 4.72. The molecule has 0 aromatic heterocycles. The third-order valence-electron chi connectivity index (χ3n) is 3.77. The number of carbonyl (C=O) groups excluding carboxylic acids is 4. The Balaban J connectivity index is 2.27. The van der Waals surface area contributed by atoms with E-state index in [1.807, 2.05) is 0 Å². The minimum atomic E-state index is -0.954. The molecule has 0 radical (unpaired) electrons. The SMILES string of the molecule is C=C(C)O[C@@H]1[C@@H](OC(C)=O)[C@H](COC(C)=O)O[C@H]1N1CCC(=O)NC1=O. The molecule has 0 spiro atoms. The van der Waals surface area contributed by atoms with Crippen LogP contribution in [0, 0.1) is 0 Å². The van der Waals surface area contributed by atoms with E-state index in [-0.39, 0.29) is 19.6 Å². The number of nitrogens with zero attached hydrogens (tertiary/aromatic N) is 1. The van der Waals surface area contributed by atoms with E-state index in [1.54, 1.807) is 6.92 Å². The van der Waals surface area contributed by atoms with Crippen molar-refractivity contribution in [3.8, 4) is 0 Å². The lowest BCUT2D eigenvalue weighted by Gasteiger charge is -2.34. The highest BCUT2D eigenvalue weighted by Gasteiger charge is 2.53. The second kappa shape index (κ2) is 8.17. The second-order valence-electron chi connectivity index (χ2n) is 6.02. The van der Waals surface area contributed by atoms with Crippen molar-refractivity contribution in [2.75, 3.05) is 13.2 Å². The Bertz CT molecular complexity index is 619. The van der Waals surface area contributed by atoms with Gasteiger partial charge in [-0.15, -0.1) is 0 Å². The van der Waals surface area contributed by atoms with Gasteiger partial charge >= 0.3 is 18.0 Å². The lowest BCUT2D eigenvalue weighted by Crippen LogP contribution is -2.57. The Morgan fingerprint density at radius 3 is 2.42 bits per heavy atom. The number of rotatable bonds is 6. The molecule has 0 saturated carbocycles. The van der Waals surface area contributed by atoms with E-state index < -0.39 is 48.4 Å². The predicted molar refractivity (Wildman–Crippen MR) is 85.4 cm³/mol. The summed E-state index contributed by atoms with van der Waals surface area (Å²) in [6, 6.07) is -0.642. The summed E-state index contributed by atoms with van der Waals surface area (Å²) in [5.74, 6) is -1.19. The predicted octanol–water partition coefficient (Wildman–Crippen LogP) is 0.0668. The molecule has 4 atom stereocenters. The van der Waals surface area contributed by atoms with Gasteiger partial charge in [0.25, 0.3) is 0 Å². The smallest absolute Gasteiger partial charge is 0.326 e. The van der Waals surface area contributed by atoms with Gasteiger partial charge in [-0.1, -0.05) is 6.58 Å². The molecule has 2 aliphatic heterocycles. The maximum atomic E-state index is 12.2. The first-order valence-corrected chi connectivity index (χ1v) is 8.07. The fraction of sp³-hybridized carbons (Fsp3) is 0.625. The zero-order valence-electron chi connectivity index (χ0n) is 14.9. The van der Waals surface area contributed by atoms with Gasteiger partial charge in [-0.05, 0) is 6.92 Å². The summed E-state index contributed by atoms with van der Waals surface area (Å²) in [5.41, 5.74) is 0. The zero-order valence-corrected chi connectivity index (χ0v) is 14.9. The molecular formula is C16H22N2O8. The van der Waals surface area contributed by atoms with Gasteiger partial charge in [-0.3, -0.25) is 24.6 Å². The largest absolute Gasteiger partial charge is 0.487 e. The average molecular weight is 370 g/mol. The summed E-state index contributed by atoms with van der Waals surface area (Å²) >= 11 is 0. The van der Waals surface area contributed by atoms with Gasteiger partial charge in [0, 0.05) is 26.8 Å². The van der Waals surface area contributed by atoms with E-state index in [9.17, 15) is 19.2 Å². The lowest BCUT2D eigenvalue weighted by molar-refractivity contribution is -0.158. The van der Waals surface area contributed by atoms with E-state index in [2.05, 4.69) is 11.9 Å². The van der Waals surface area contributed by atoms with Crippen molar-refractivity contribution in [2.45, 2.75) is 51.7 Å². The quantitative estimate of drug-likeness (QED) is 0.515. The highest BCUT2D eigenvalue weighted by molar-refractivity contribution is 5.96. The maximum Gasteiger partial charge on any atom is 0.326 e. The second-order valence-corrected chi connectivity index (χ2v) is 6.02. The molecule has 0 aromatic rings. The van der Waals surface area contributed by atoms with Gasteiger partial charge in [-0.2, -0.15) is 0 Å². The van der Waals surface area contributed by atoms with Gasteiger partial charge in [0.05, 0.1) is 5.76 Å². The highest BCUT2D eigenvalue weighted by atomic mass is 16.6. The molecule has 1 N–H and O–H groups in total. The van der Waals surface area contributed by atoms with Crippen LogP contribution in [0.4, 0.5) is 4.79 Å². The molecule has 0 unspecified atom stereocenters. The van der Waals surface area contributed by atoms with Crippen molar-refractivity contribution >= 4 is 23.9 Å². The first-order valence-electron chi connectivity index (χ1n) is 8.07. The fourth-order valence-electron chi connectivity index (χ4n) is 2.80. The average Bonchev–Trinajstić information content (AvgIpc) is 2.82. The highest BCUT2D eigenvalue weighted by Crippen LogP contribution is 2.31. The van der Waals surface area contributed by atoms with E-state index in [0.717, 1.165) is 0 Å². The summed E-state index contributed by atoms with van der Waals surface area (Å²) in [7, 11) is 0. The summed E-state index contributed by atoms with van der Waals surface area (Å²) in [5, 5.41) is 2.20. The normalized spacial score (nSPS) is 28.3. The molecule has 2 aliphatic rings. The fourth-order valence-corrected chi connectivity index (χ4v) is 2.80. The van der Waals surface area contributed by atoms with Crippen molar-refractivity contribution in [3.63, 3.8) is 0 Å². The standard InChI is InChI=1S/C16H22N2O8/c1-8(2)24-14-13(25-10(4)20)11(7-23-9(3)19)26-15(14)18-6-5-12(21)17-16(18)22/h11,13-15H,1,5-7H2,2-4H3,(H,17,21,22)/t11-,13-,14+,15+/m0/s1. The van der Waals surface area contributed by atoms with E-state index in [4.69, 9.17) is 18.9 Å². The van der Waals surface area contributed by atoms with Crippen LogP contribution in [0.1, 0.15) is 27.2 Å². The molecule has 10 heteroatoms. The van der Waals surface area contributed by atoms with Crippen LogP contribution >= 0.6 is 0 Å². The van der Waals surface area contributed by atoms with Crippen molar-refractivity contribution in [2.24, 2.45) is 0 Å². The zero-order chi connectivity index (χ0) is 19.4. The number of imide groups is 1. The topological polar surface area (TPSA) is 120 Å². The summed E-state index contributed by atoms with van der Waals surface area (Å²) < 4.78 is 21.7. The molecule has 2 fully saturated rings. The number of esters is 2. The molecular weight excluding hydrogens is 348 g/mol. The molecule has 2 heterocycles. The van der Waals surface area contributed by atoms with Crippen LogP contribution in [0.2, 0.25) is 0 Å². The van der Waals surface area contributed by atoms with Crippen LogP contribution in [-0.4, -0.2) is 66.5 Å². The molecule has 2 saturated heterocycles. The van der Waals surface area contributed by atoms with E-state index in [1.165, 1.54) is 18.7 Å².